The van der Waals surface area contributed by atoms with Gasteiger partial charge in [0, 0.05) is 7.11 Å². The van der Waals surface area contributed by atoms with Crippen LogP contribution in [0, 0.1) is 0 Å². The van der Waals surface area contributed by atoms with E-state index in [-0.39, 0.29) is 6.10 Å². The van der Waals surface area contributed by atoms with Crippen LogP contribution in [-0.2, 0) is 9.47 Å². The van der Waals surface area contributed by atoms with Crippen LogP contribution in [-0.4, -0.2) is 20.0 Å². The fourth-order valence-corrected chi connectivity index (χ4v) is 0.703. The monoisotopic (exact) mass is 144 g/mol. The van der Waals surface area contributed by atoms with Crippen LogP contribution in [0.3, 0.4) is 0 Å². The van der Waals surface area contributed by atoms with Gasteiger partial charge in [0.15, 0.2) is 0 Å². The summed E-state index contributed by atoms with van der Waals surface area (Å²) in [4.78, 5) is 0. The minimum absolute atomic E-state index is 0.275. The highest BCUT2D eigenvalue weighted by Gasteiger charge is 2.01. The van der Waals surface area contributed by atoms with Crippen molar-refractivity contribution in [3.63, 3.8) is 0 Å². The molecule has 0 amide bonds. The Labute approximate surface area is 62.8 Å². The molecule has 0 fully saturated rings. The van der Waals surface area contributed by atoms with Crippen LogP contribution >= 0.6 is 0 Å². The molecule has 0 bridgehead atoms. The first-order chi connectivity index (χ1) is 4.85. The zero-order valence-corrected chi connectivity index (χ0v) is 6.80. The van der Waals surface area contributed by atoms with Gasteiger partial charge in [0.05, 0.1) is 6.10 Å². The van der Waals surface area contributed by atoms with E-state index in [0.29, 0.717) is 6.79 Å². The molecule has 0 rings (SSSR count). The normalized spacial score (nSPS) is 13.0. The Kier molecular flexibility index (Phi) is 6.55. The highest BCUT2D eigenvalue weighted by molar-refractivity contribution is 4.71. The van der Waals surface area contributed by atoms with Crippen molar-refractivity contribution in [2.75, 3.05) is 13.9 Å². The van der Waals surface area contributed by atoms with E-state index < -0.39 is 0 Å². The summed E-state index contributed by atoms with van der Waals surface area (Å²) in [5, 5.41) is 0. The summed E-state index contributed by atoms with van der Waals surface area (Å²) in [5.74, 6) is 0. The molecule has 0 aromatic rings. The number of ether oxygens (including phenoxy) is 2. The molecule has 0 N–H and O–H groups in total. The van der Waals surface area contributed by atoms with Crippen LogP contribution in [0.4, 0.5) is 0 Å². The van der Waals surface area contributed by atoms with Crippen molar-refractivity contribution < 1.29 is 9.47 Å². The minimum Gasteiger partial charge on any atom is -0.359 e. The van der Waals surface area contributed by atoms with E-state index in [2.05, 4.69) is 13.5 Å². The molecule has 2 nitrogen and oxygen atoms in total. The summed E-state index contributed by atoms with van der Waals surface area (Å²) in [5.41, 5.74) is 0. The quantitative estimate of drug-likeness (QED) is 0.419. The molecule has 0 spiro atoms. The van der Waals surface area contributed by atoms with Gasteiger partial charge in [-0.3, -0.25) is 0 Å². The van der Waals surface area contributed by atoms with Crippen LogP contribution in [0.2, 0.25) is 0 Å². The van der Waals surface area contributed by atoms with Gasteiger partial charge in [0.1, 0.15) is 6.79 Å². The van der Waals surface area contributed by atoms with Crippen molar-refractivity contribution in [1.29, 1.82) is 0 Å². The van der Waals surface area contributed by atoms with Crippen LogP contribution < -0.4 is 0 Å². The van der Waals surface area contributed by atoms with E-state index in [1.807, 2.05) is 6.08 Å². The summed E-state index contributed by atoms with van der Waals surface area (Å²) in [6, 6.07) is 0. The van der Waals surface area contributed by atoms with Gasteiger partial charge in [-0.1, -0.05) is 13.0 Å². The third kappa shape index (κ3) is 4.53. The van der Waals surface area contributed by atoms with Crippen molar-refractivity contribution in [2.45, 2.75) is 25.9 Å². The van der Waals surface area contributed by atoms with Gasteiger partial charge in [-0.15, -0.1) is 6.58 Å². The van der Waals surface area contributed by atoms with Crippen LogP contribution in [0.15, 0.2) is 12.7 Å². The van der Waals surface area contributed by atoms with Crippen molar-refractivity contribution in [2.24, 2.45) is 0 Å². The lowest BCUT2D eigenvalue weighted by molar-refractivity contribution is -0.0711. The average Bonchev–Trinajstić information content (AvgIpc) is 1.98. The largest absolute Gasteiger partial charge is 0.359 e. The van der Waals surface area contributed by atoms with E-state index in [1.54, 1.807) is 7.11 Å². The zero-order chi connectivity index (χ0) is 7.82. The van der Waals surface area contributed by atoms with Gasteiger partial charge < -0.3 is 9.47 Å². The van der Waals surface area contributed by atoms with Gasteiger partial charge in [0.25, 0.3) is 0 Å². The lowest BCUT2D eigenvalue weighted by atomic mass is 10.2. The topological polar surface area (TPSA) is 18.5 Å². The second-order valence-corrected chi connectivity index (χ2v) is 2.13. The highest BCUT2D eigenvalue weighted by atomic mass is 16.7. The molecule has 0 aliphatic carbocycles. The molecule has 0 saturated heterocycles. The van der Waals surface area contributed by atoms with Crippen LogP contribution in [0.5, 0.6) is 0 Å². The summed E-state index contributed by atoms with van der Waals surface area (Å²) in [7, 11) is 1.63. The molecular weight excluding hydrogens is 128 g/mol. The molecule has 0 aromatic heterocycles. The van der Waals surface area contributed by atoms with E-state index in [4.69, 9.17) is 9.47 Å². The SMILES string of the molecule is C=CCC(CC)OCOC. The third-order valence-corrected chi connectivity index (χ3v) is 1.31. The highest BCUT2D eigenvalue weighted by Crippen LogP contribution is 2.02. The van der Waals surface area contributed by atoms with Gasteiger partial charge in [-0.25, -0.2) is 0 Å². The van der Waals surface area contributed by atoms with E-state index in [0.717, 1.165) is 12.8 Å². The first-order valence-electron chi connectivity index (χ1n) is 3.56. The molecule has 1 unspecified atom stereocenters. The third-order valence-electron chi connectivity index (χ3n) is 1.31. The number of rotatable bonds is 6. The molecule has 0 aliphatic rings. The maximum absolute atomic E-state index is 5.29. The summed E-state index contributed by atoms with van der Waals surface area (Å²) < 4.78 is 10.1. The van der Waals surface area contributed by atoms with E-state index >= 15 is 0 Å². The van der Waals surface area contributed by atoms with Gasteiger partial charge in [-0.05, 0) is 12.8 Å². The average molecular weight is 144 g/mol. The summed E-state index contributed by atoms with van der Waals surface area (Å²) in [6.07, 6.45) is 4.05. The van der Waals surface area contributed by atoms with Gasteiger partial charge in [0.2, 0.25) is 0 Å². The molecule has 0 aromatic carbocycles. The number of hydrogen-bond acceptors (Lipinski definition) is 2. The number of hydrogen-bond donors (Lipinski definition) is 0. The molecule has 10 heavy (non-hydrogen) atoms. The van der Waals surface area contributed by atoms with Crippen molar-refractivity contribution in [3.8, 4) is 0 Å². The maximum Gasteiger partial charge on any atom is 0.146 e. The smallest absolute Gasteiger partial charge is 0.146 e. The van der Waals surface area contributed by atoms with Crippen molar-refractivity contribution in [1.82, 2.24) is 0 Å². The Hall–Kier alpha value is -0.340. The second-order valence-electron chi connectivity index (χ2n) is 2.13. The maximum atomic E-state index is 5.29. The predicted molar refractivity (Wildman–Crippen MR) is 41.9 cm³/mol. The van der Waals surface area contributed by atoms with Crippen molar-refractivity contribution >= 4 is 0 Å². The van der Waals surface area contributed by atoms with Crippen molar-refractivity contribution in [3.05, 3.63) is 12.7 Å². The lowest BCUT2D eigenvalue weighted by Gasteiger charge is -2.12. The fraction of sp³-hybridized carbons (Fsp3) is 0.750. The first-order valence-corrected chi connectivity index (χ1v) is 3.56. The second kappa shape index (κ2) is 6.78. The van der Waals surface area contributed by atoms with Gasteiger partial charge in [-0.2, -0.15) is 0 Å². The first kappa shape index (κ1) is 9.66. The lowest BCUT2D eigenvalue weighted by Crippen LogP contribution is -2.12. The molecule has 60 valence electrons. The van der Waals surface area contributed by atoms with Crippen LogP contribution in [0.25, 0.3) is 0 Å². The van der Waals surface area contributed by atoms with Gasteiger partial charge >= 0.3 is 0 Å². The fourth-order valence-electron chi connectivity index (χ4n) is 0.703. The summed E-state index contributed by atoms with van der Waals surface area (Å²) >= 11 is 0. The minimum atomic E-state index is 0.275. The molecule has 0 radical (unpaired) electrons. The molecule has 0 heterocycles. The number of methoxy groups -OCH3 is 1. The zero-order valence-electron chi connectivity index (χ0n) is 6.80. The Morgan fingerprint density at radius 3 is 2.70 bits per heavy atom. The predicted octanol–water partition coefficient (Wildman–Crippen LogP) is 1.96. The Bertz CT molecular complexity index is 81.3. The Morgan fingerprint density at radius 2 is 2.30 bits per heavy atom. The van der Waals surface area contributed by atoms with E-state index in [9.17, 15) is 0 Å². The molecular formula is C8H16O2. The standard InChI is InChI=1S/C8H16O2/c1-4-6-8(5-2)10-7-9-3/h4,8H,1,5-7H2,2-3H3. The summed E-state index contributed by atoms with van der Waals surface area (Å²) in [6.45, 7) is 6.10. The Morgan fingerprint density at radius 1 is 1.60 bits per heavy atom. The van der Waals surface area contributed by atoms with Crippen LogP contribution in [0.1, 0.15) is 19.8 Å². The molecule has 0 aliphatic heterocycles. The molecule has 2 heteroatoms. The molecule has 1 atom stereocenters. The van der Waals surface area contributed by atoms with E-state index in [1.165, 1.54) is 0 Å². The molecule has 0 saturated carbocycles. The Balaban J connectivity index is 3.29.